The average Bonchev–Trinajstić information content (AvgIpc) is 2.69. The van der Waals surface area contributed by atoms with Crippen molar-refractivity contribution in [2.45, 2.75) is 20.4 Å². The van der Waals surface area contributed by atoms with Gasteiger partial charge in [-0.1, -0.05) is 0 Å². The van der Waals surface area contributed by atoms with Crippen molar-refractivity contribution < 1.29 is 9.21 Å². The fourth-order valence-electron chi connectivity index (χ4n) is 1.20. The van der Waals surface area contributed by atoms with Gasteiger partial charge in [0.2, 0.25) is 0 Å². The Morgan fingerprint density at radius 2 is 2.21 bits per heavy atom. The summed E-state index contributed by atoms with van der Waals surface area (Å²) >= 11 is 0. The molecule has 14 heavy (non-hydrogen) atoms. The smallest absolute Gasteiger partial charge is 0.317 e. The topological polar surface area (TPSA) is 45.5 Å². The Bertz CT molecular complexity index is 266. The van der Waals surface area contributed by atoms with Gasteiger partial charge in [0.25, 0.3) is 0 Å². The zero-order chi connectivity index (χ0) is 10.4. The van der Waals surface area contributed by atoms with Crippen molar-refractivity contribution in [3.05, 3.63) is 24.2 Å². The summed E-state index contributed by atoms with van der Waals surface area (Å²) in [5.41, 5.74) is 0. The first-order chi connectivity index (χ1) is 6.77. The Hall–Kier alpha value is -1.45. The molecule has 2 amide bonds. The first-order valence-corrected chi connectivity index (χ1v) is 4.83. The summed E-state index contributed by atoms with van der Waals surface area (Å²) in [6.07, 6.45) is 1.60. The first-order valence-electron chi connectivity index (χ1n) is 4.83. The van der Waals surface area contributed by atoms with Gasteiger partial charge in [0.05, 0.1) is 12.8 Å². The largest absolute Gasteiger partial charge is 0.467 e. The van der Waals surface area contributed by atoms with E-state index in [9.17, 15) is 4.79 Å². The van der Waals surface area contributed by atoms with Crippen LogP contribution in [0.5, 0.6) is 0 Å². The molecule has 0 unspecified atom stereocenters. The second-order valence-corrected chi connectivity index (χ2v) is 2.91. The van der Waals surface area contributed by atoms with Crippen molar-refractivity contribution in [3.63, 3.8) is 0 Å². The van der Waals surface area contributed by atoms with Crippen molar-refractivity contribution in [2.75, 3.05) is 13.1 Å². The molecule has 0 radical (unpaired) electrons. The van der Waals surface area contributed by atoms with Crippen molar-refractivity contribution >= 4 is 6.03 Å². The number of hydrogen-bond acceptors (Lipinski definition) is 2. The number of amides is 2. The molecule has 0 atom stereocenters. The minimum absolute atomic E-state index is 0.0496. The standard InChI is InChI=1S/C10H16N2O2/c1-3-12(4-2)10(13)11-8-9-6-5-7-14-9/h5-7H,3-4,8H2,1-2H3,(H,11,13). The average molecular weight is 196 g/mol. The van der Waals surface area contributed by atoms with Crippen molar-refractivity contribution in [1.82, 2.24) is 10.2 Å². The Kier molecular flexibility index (Phi) is 4.04. The molecule has 0 saturated carbocycles. The number of furan rings is 1. The molecule has 1 rings (SSSR count). The summed E-state index contributed by atoms with van der Waals surface area (Å²) in [6.45, 7) is 5.80. The predicted octanol–water partition coefficient (Wildman–Crippen LogP) is 1.83. The Balaban J connectivity index is 2.34. The number of rotatable bonds is 4. The van der Waals surface area contributed by atoms with Gasteiger partial charge in [0.15, 0.2) is 0 Å². The maximum atomic E-state index is 11.5. The van der Waals surface area contributed by atoms with Gasteiger partial charge in [0, 0.05) is 13.1 Å². The summed E-state index contributed by atoms with van der Waals surface area (Å²) in [5, 5.41) is 2.78. The van der Waals surface area contributed by atoms with Crippen LogP contribution in [0.4, 0.5) is 4.79 Å². The zero-order valence-corrected chi connectivity index (χ0v) is 8.62. The molecular formula is C10H16N2O2. The molecule has 1 N–H and O–H groups in total. The summed E-state index contributed by atoms with van der Waals surface area (Å²) in [5.74, 6) is 0.769. The van der Waals surface area contributed by atoms with Gasteiger partial charge in [-0.2, -0.15) is 0 Å². The van der Waals surface area contributed by atoms with Crippen LogP contribution in [0.1, 0.15) is 19.6 Å². The van der Waals surface area contributed by atoms with Crippen LogP contribution < -0.4 is 5.32 Å². The minimum Gasteiger partial charge on any atom is -0.467 e. The molecule has 1 aromatic rings. The lowest BCUT2D eigenvalue weighted by atomic mass is 10.4. The van der Waals surface area contributed by atoms with E-state index in [2.05, 4.69) is 5.32 Å². The molecule has 1 aromatic heterocycles. The molecule has 4 heteroatoms. The second kappa shape index (κ2) is 5.32. The number of carbonyl (C=O) groups is 1. The molecule has 0 saturated heterocycles. The van der Waals surface area contributed by atoms with E-state index in [-0.39, 0.29) is 6.03 Å². The van der Waals surface area contributed by atoms with E-state index in [0.717, 1.165) is 18.8 Å². The van der Waals surface area contributed by atoms with Crippen LogP contribution >= 0.6 is 0 Å². The third-order valence-electron chi connectivity index (χ3n) is 2.04. The fourth-order valence-corrected chi connectivity index (χ4v) is 1.20. The number of hydrogen-bond donors (Lipinski definition) is 1. The molecule has 78 valence electrons. The molecule has 0 aliphatic rings. The fraction of sp³-hybridized carbons (Fsp3) is 0.500. The summed E-state index contributed by atoms with van der Waals surface area (Å²) in [6, 6.07) is 3.59. The molecule has 0 bridgehead atoms. The van der Waals surface area contributed by atoms with Crippen LogP contribution in [0.3, 0.4) is 0 Å². The third kappa shape index (κ3) is 2.80. The highest BCUT2D eigenvalue weighted by Crippen LogP contribution is 1.99. The monoisotopic (exact) mass is 196 g/mol. The molecule has 0 spiro atoms. The predicted molar refractivity (Wildman–Crippen MR) is 53.9 cm³/mol. The Morgan fingerprint density at radius 1 is 1.50 bits per heavy atom. The summed E-state index contributed by atoms with van der Waals surface area (Å²) in [4.78, 5) is 13.2. The van der Waals surface area contributed by atoms with Crippen LogP contribution in [0.25, 0.3) is 0 Å². The van der Waals surface area contributed by atoms with Crippen molar-refractivity contribution in [3.8, 4) is 0 Å². The van der Waals surface area contributed by atoms with Crippen molar-refractivity contribution in [1.29, 1.82) is 0 Å². The number of nitrogens with one attached hydrogen (secondary N) is 1. The number of carbonyl (C=O) groups excluding carboxylic acids is 1. The van der Waals surface area contributed by atoms with Crippen LogP contribution in [0.15, 0.2) is 22.8 Å². The molecule has 0 aliphatic carbocycles. The SMILES string of the molecule is CCN(CC)C(=O)NCc1ccco1. The molecular weight excluding hydrogens is 180 g/mol. The molecule has 4 nitrogen and oxygen atoms in total. The molecule has 0 fully saturated rings. The van der Waals surface area contributed by atoms with Gasteiger partial charge in [0.1, 0.15) is 5.76 Å². The number of nitrogens with zero attached hydrogens (tertiary/aromatic N) is 1. The van der Waals surface area contributed by atoms with E-state index < -0.39 is 0 Å². The van der Waals surface area contributed by atoms with Crippen LogP contribution in [-0.2, 0) is 6.54 Å². The summed E-state index contributed by atoms with van der Waals surface area (Å²) in [7, 11) is 0. The maximum Gasteiger partial charge on any atom is 0.317 e. The van der Waals surface area contributed by atoms with Gasteiger partial charge >= 0.3 is 6.03 Å². The van der Waals surface area contributed by atoms with E-state index in [1.807, 2.05) is 19.9 Å². The second-order valence-electron chi connectivity index (χ2n) is 2.91. The molecule has 1 heterocycles. The maximum absolute atomic E-state index is 11.5. The number of urea groups is 1. The van der Waals surface area contributed by atoms with Gasteiger partial charge in [-0.05, 0) is 26.0 Å². The van der Waals surface area contributed by atoms with Crippen LogP contribution in [-0.4, -0.2) is 24.0 Å². The Morgan fingerprint density at radius 3 is 2.71 bits per heavy atom. The third-order valence-corrected chi connectivity index (χ3v) is 2.04. The summed E-state index contributed by atoms with van der Waals surface area (Å²) < 4.78 is 5.10. The first kappa shape index (κ1) is 10.6. The zero-order valence-electron chi connectivity index (χ0n) is 8.62. The van der Waals surface area contributed by atoms with E-state index in [0.29, 0.717) is 6.54 Å². The minimum atomic E-state index is -0.0496. The highest BCUT2D eigenvalue weighted by molar-refractivity contribution is 5.73. The molecule has 0 aromatic carbocycles. The van der Waals surface area contributed by atoms with E-state index in [1.54, 1.807) is 17.2 Å². The Labute approximate surface area is 83.9 Å². The lowest BCUT2D eigenvalue weighted by Gasteiger charge is -2.18. The normalized spacial score (nSPS) is 9.86. The van der Waals surface area contributed by atoms with Gasteiger partial charge in [-0.25, -0.2) is 4.79 Å². The lowest BCUT2D eigenvalue weighted by molar-refractivity contribution is 0.202. The quantitative estimate of drug-likeness (QED) is 0.798. The van der Waals surface area contributed by atoms with Crippen LogP contribution in [0, 0.1) is 0 Å². The highest BCUT2D eigenvalue weighted by Gasteiger charge is 2.08. The van der Waals surface area contributed by atoms with Crippen LogP contribution in [0.2, 0.25) is 0 Å². The highest BCUT2D eigenvalue weighted by atomic mass is 16.3. The van der Waals surface area contributed by atoms with E-state index >= 15 is 0 Å². The van der Waals surface area contributed by atoms with Gasteiger partial charge in [-0.3, -0.25) is 0 Å². The van der Waals surface area contributed by atoms with Gasteiger partial charge in [-0.15, -0.1) is 0 Å². The van der Waals surface area contributed by atoms with E-state index in [4.69, 9.17) is 4.42 Å². The lowest BCUT2D eigenvalue weighted by Crippen LogP contribution is -2.39. The van der Waals surface area contributed by atoms with E-state index in [1.165, 1.54) is 0 Å². The van der Waals surface area contributed by atoms with Gasteiger partial charge < -0.3 is 14.6 Å². The molecule has 0 aliphatic heterocycles. The van der Waals surface area contributed by atoms with Crippen molar-refractivity contribution in [2.24, 2.45) is 0 Å².